The van der Waals surface area contributed by atoms with Crippen LogP contribution in [0, 0.1) is 11.3 Å². The number of rotatable bonds is 10. The van der Waals surface area contributed by atoms with Gasteiger partial charge in [0.1, 0.15) is 5.78 Å². The highest BCUT2D eigenvalue weighted by atomic mass is 16.5. The molecule has 1 saturated carbocycles. The molecule has 0 amide bonds. The average Bonchev–Trinajstić information content (AvgIpc) is 2.43. The van der Waals surface area contributed by atoms with Crippen LogP contribution in [0.25, 0.3) is 0 Å². The summed E-state index contributed by atoms with van der Waals surface area (Å²) in [6.45, 7) is 14.1. The molecule has 0 heterocycles. The Morgan fingerprint density at radius 1 is 1.14 bits per heavy atom. The third-order valence-corrected chi connectivity index (χ3v) is 4.29. The van der Waals surface area contributed by atoms with E-state index in [4.69, 9.17) is 9.47 Å². The van der Waals surface area contributed by atoms with E-state index in [2.05, 4.69) is 18.7 Å². The Morgan fingerprint density at radius 2 is 1.71 bits per heavy atom. The lowest BCUT2D eigenvalue weighted by Gasteiger charge is -2.36. The molecule has 0 spiro atoms. The monoisotopic (exact) mass is 299 g/mol. The van der Waals surface area contributed by atoms with Gasteiger partial charge < -0.3 is 9.47 Å². The van der Waals surface area contributed by atoms with Crippen LogP contribution in [0.4, 0.5) is 0 Å². The van der Waals surface area contributed by atoms with Crippen LogP contribution in [0.15, 0.2) is 0 Å². The highest BCUT2D eigenvalue weighted by Crippen LogP contribution is 2.37. The zero-order valence-corrected chi connectivity index (χ0v) is 14.3. The molecule has 4 heteroatoms. The van der Waals surface area contributed by atoms with E-state index in [-0.39, 0.29) is 5.92 Å². The minimum Gasteiger partial charge on any atom is -0.380 e. The van der Waals surface area contributed by atoms with Crippen LogP contribution in [-0.4, -0.2) is 56.7 Å². The summed E-state index contributed by atoms with van der Waals surface area (Å²) in [7, 11) is 0. The standard InChI is InChI=1S/C17H33NO3/c1-5-20-11-9-18(10-12-21-6-2)14-15-13-17(3,4)8-7-16(15)19/h15H,5-14H2,1-4H3. The number of hydrogen-bond acceptors (Lipinski definition) is 4. The van der Waals surface area contributed by atoms with Crippen molar-refractivity contribution in [1.82, 2.24) is 4.90 Å². The molecular weight excluding hydrogens is 266 g/mol. The van der Waals surface area contributed by atoms with Crippen molar-refractivity contribution >= 4 is 5.78 Å². The van der Waals surface area contributed by atoms with Crippen molar-refractivity contribution in [2.75, 3.05) is 46.1 Å². The van der Waals surface area contributed by atoms with Gasteiger partial charge >= 0.3 is 0 Å². The summed E-state index contributed by atoms with van der Waals surface area (Å²) in [5.74, 6) is 0.615. The first-order chi connectivity index (χ1) is 9.98. The van der Waals surface area contributed by atoms with Gasteiger partial charge in [0, 0.05) is 45.2 Å². The normalized spacial score (nSPS) is 22.0. The molecule has 1 unspecified atom stereocenters. The zero-order valence-electron chi connectivity index (χ0n) is 14.3. The maximum atomic E-state index is 12.2. The van der Waals surface area contributed by atoms with Crippen LogP contribution < -0.4 is 0 Å². The Bertz CT molecular complexity index is 294. The van der Waals surface area contributed by atoms with Gasteiger partial charge in [-0.1, -0.05) is 13.8 Å². The zero-order chi connectivity index (χ0) is 15.7. The number of carbonyl (C=O) groups is 1. The fraction of sp³-hybridized carbons (Fsp3) is 0.941. The Morgan fingerprint density at radius 3 is 2.24 bits per heavy atom. The molecule has 0 aromatic heterocycles. The maximum absolute atomic E-state index is 12.2. The Hall–Kier alpha value is -0.450. The van der Waals surface area contributed by atoms with Gasteiger partial charge in [-0.15, -0.1) is 0 Å². The van der Waals surface area contributed by atoms with E-state index in [9.17, 15) is 4.79 Å². The first-order valence-electron chi connectivity index (χ1n) is 8.39. The Labute approximate surface area is 130 Å². The van der Waals surface area contributed by atoms with Crippen LogP contribution >= 0.6 is 0 Å². The summed E-state index contributed by atoms with van der Waals surface area (Å²) >= 11 is 0. The molecule has 4 nitrogen and oxygen atoms in total. The molecule has 0 saturated heterocycles. The molecule has 1 atom stereocenters. The second-order valence-corrected chi connectivity index (χ2v) is 6.73. The first-order valence-corrected chi connectivity index (χ1v) is 8.39. The number of nitrogens with zero attached hydrogens (tertiary/aromatic N) is 1. The van der Waals surface area contributed by atoms with Crippen molar-refractivity contribution in [2.45, 2.75) is 47.0 Å². The van der Waals surface area contributed by atoms with Crippen LogP contribution in [0.1, 0.15) is 47.0 Å². The van der Waals surface area contributed by atoms with Crippen molar-refractivity contribution in [3.8, 4) is 0 Å². The van der Waals surface area contributed by atoms with Gasteiger partial charge in [-0.3, -0.25) is 9.69 Å². The van der Waals surface area contributed by atoms with Gasteiger partial charge in [0.2, 0.25) is 0 Å². The number of ketones is 1. The number of carbonyl (C=O) groups excluding carboxylic acids is 1. The molecule has 0 aliphatic heterocycles. The minimum atomic E-state index is 0.178. The van der Waals surface area contributed by atoms with Crippen LogP contribution in [0.5, 0.6) is 0 Å². The van der Waals surface area contributed by atoms with Gasteiger partial charge in [0.15, 0.2) is 0 Å². The van der Waals surface area contributed by atoms with Crippen LogP contribution in [-0.2, 0) is 14.3 Å². The number of ether oxygens (including phenoxy) is 2. The van der Waals surface area contributed by atoms with Gasteiger partial charge in [0.25, 0.3) is 0 Å². The molecule has 1 aliphatic rings. The number of Topliss-reactive ketones (excluding diaryl/α,β-unsaturated/α-hetero) is 1. The largest absolute Gasteiger partial charge is 0.380 e. The Kier molecular flexibility index (Phi) is 8.45. The second-order valence-electron chi connectivity index (χ2n) is 6.73. The summed E-state index contributed by atoms with van der Waals surface area (Å²) in [6, 6.07) is 0. The fourth-order valence-corrected chi connectivity index (χ4v) is 3.00. The lowest BCUT2D eigenvalue weighted by Crippen LogP contribution is -2.41. The lowest BCUT2D eigenvalue weighted by atomic mass is 9.71. The van der Waals surface area contributed by atoms with E-state index in [0.717, 1.165) is 65.3 Å². The predicted octanol–water partition coefficient (Wildman–Crippen LogP) is 2.76. The smallest absolute Gasteiger partial charge is 0.137 e. The molecule has 1 rings (SSSR count). The predicted molar refractivity (Wildman–Crippen MR) is 85.6 cm³/mol. The van der Waals surface area contributed by atoms with Crippen molar-refractivity contribution < 1.29 is 14.3 Å². The van der Waals surface area contributed by atoms with E-state index in [1.807, 2.05) is 13.8 Å². The van der Waals surface area contributed by atoms with Crippen molar-refractivity contribution in [3.05, 3.63) is 0 Å². The molecule has 0 N–H and O–H groups in total. The quantitative estimate of drug-likeness (QED) is 0.581. The van der Waals surface area contributed by atoms with E-state index >= 15 is 0 Å². The SMILES string of the molecule is CCOCCN(CCOCC)CC1CC(C)(C)CCC1=O. The highest BCUT2D eigenvalue weighted by Gasteiger charge is 2.34. The third-order valence-electron chi connectivity index (χ3n) is 4.29. The summed E-state index contributed by atoms with van der Waals surface area (Å²) in [6.07, 6.45) is 2.77. The van der Waals surface area contributed by atoms with Gasteiger partial charge in [0.05, 0.1) is 13.2 Å². The average molecular weight is 299 g/mol. The van der Waals surface area contributed by atoms with Crippen molar-refractivity contribution in [2.24, 2.45) is 11.3 Å². The molecule has 0 radical (unpaired) electrons. The molecule has 0 bridgehead atoms. The van der Waals surface area contributed by atoms with Gasteiger partial charge in [-0.05, 0) is 32.1 Å². The summed E-state index contributed by atoms with van der Waals surface area (Å²) in [4.78, 5) is 14.5. The highest BCUT2D eigenvalue weighted by molar-refractivity contribution is 5.82. The van der Waals surface area contributed by atoms with Crippen LogP contribution in [0.2, 0.25) is 0 Å². The molecule has 0 aromatic rings. The van der Waals surface area contributed by atoms with E-state index in [0.29, 0.717) is 11.2 Å². The van der Waals surface area contributed by atoms with Gasteiger partial charge in [-0.2, -0.15) is 0 Å². The summed E-state index contributed by atoms with van der Waals surface area (Å²) < 4.78 is 10.9. The third kappa shape index (κ3) is 7.39. The minimum absolute atomic E-state index is 0.178. The molecule has 1 aliphatic carbocycles. The molecule has 124 valence electrons. The topological polar surface area (TPSA) is 38.8 Å². The van der Waals surface area contributed by atoms with Crippen molar-refractivity contribution in [3.63, 3.8) is 0 Å². The van der Waals surface area contributed by atoms with E-state index < -0.39 is 0 Å². The number of hydrogen-bond donors (Lipinski definition) is 0. The lowest BCUT2D eigenvalue weighted by molar-refractivity contribution is -0.128. The second kappa shape index (κ2) is 9.54. The summed E-state index contributed by atoms with van der Waals surface area (Å²) in [5.41, 5.74) is 0.296. The fourth-order valence-electron chi connectivity index (χ4n) is 3.00. The van der Waals surface area contributed by atoms with E-state index in [1.165, 1.54) is 0 Å². The van der Waals surface area contributed by atoms with Crippen LogP contribution in [0.3, 0.4) is 0 Å². The molecule has 21 heavy (non-hydrogen) atoms. The molecule has 1 fully saturated rings. The first kappa shape index (κ1) is 18.6. The Balaban J connectivity index is 2.49. The van der Waals surface area contributed by atoms with Crippen molar-refractivity contribution in [1.29, 1.82) is 0 Å². The summed E-state index contributed by atoms with van der Waals surface area (Å²) in [5, 5.41) is 0. The molecule has 0 aromatic carbocycles. The van der Waals surface area contributed by atoms with E-state index in [1.54, 1.807) is 0 Å². The maximum Gasteiger partial charge on any atom is 0.137 e. The molecular formula is C17H33NO3. The van der Waals surface area contributed by atoms with Gasteiger partial charge in [-0.25, -0.2) is 0 Å².